The van der Waals surface area contributed by atoms with Crippen molar-refractivity contribution in [3.63, 3.8) is 0 Å². The first kappa shape index (κ1) is 12.9. The number of hydrogen-bond donors (Lipinski definition) is 0. The van der Waals surface area contributed by atoms with E-state index < -0.39 is 5.97 Å². The molecule has 1 rings (SSSR count). The smallest absolute Gasteiger partial charge is 0.313 e. The molecule has 17 heavy (non-hydrogen) atoms. The van der Waals surface area contributed by atoms with E-state index in [9.17, 15) is 9.59 Å². The number of hydrogen-bond acceptors (Lipinski definition) is 4. The number of nitrogens with zero attached hydrogens (tertiary/aromatic N) is 1. The van der Waals surface area contributed by atoms with Crippen molar-refractivity contribution in [3.8, 4) is 6.07 Å². The maximum absolute atomic E-state index is 11.7. The van der Waals surface area contributed by atoms with Crippen molar-refractivity contribution in [3.05, 3.63) is 35.4 Å². The van der Waals surface area contributed by atoms with Crippen LogP contribution in [0.5, 0.6) is 0 Å². The van der Waals surface area contributed by atoms with Gasteiger partial charge in [-0.25, -0.2) is 0 Å². The molecule has 0 bridgehead atoms. The number of esters is 1. The van der Waals surface area contributed by atoms with E-state index >= 15 is 0 Å². The van der Waals surface area contributed by atoms with Crippen LogP contribution in [0.15, 0.2) is 24.3 Å². The van der Waals surface area contributed by atoms with Gasteiger partial charge in [0.1, 0.15) is 6.42 Å². The van der Waals surface area contributed by atoms with E-state index in [4.69, 9.17) is 10.00 Å². The van der Waals surface area contributed by atoms with E-state index in [1.54, 1.807) is 18.2 Å². The van der Waals surface area contributed by atoms with Crippen LogP contribution in [0.3, 0.4) is 0 Å². The Labute approximate surface area is 99.8 Å². The van der Waals surface area contributed by atoms with Gasteiger partial charge in [-0.05, 0) is 12.5 Å². The van der Waals surface area contributed by atoms with Crippen LogP contribution < -0.4 is 0 Å². The standard InChI is InChI=1S/C13H13NO3/c1-2-7-17-13(16)8-12(15)11-6-4-3-5-10(11)9-14/h3-6H,2,7-8H2,1H3. The monoisotopic (exact) mass is 231 g/mol. The third kappa shape index (κ3) is 3.72. The zero-order valence-corrected chi connectivity index (χ0v) is 9.60. The summed E-state index contributed by atoms with van der Waals surface area (Å²) in [4.78, 5) is 23.0. The van der Waals surface area contributed by atoms with Crippen LogP contribution in [0.2, 0.25) is 0 Å². The number of nitriles is 1. The van der Waals surface area contributed by atoms with Gasteiger partial charge < -0.3 is 4.74 Å². The normalized spacial score (nSPS) is 9.41. The minimum Gasteiger partial charge on any atom is -0.465 e. The summed E-state index contributed by atoms with van der Waals surface area (Å²) in [6.45, 7) is 2.19. The zero-order valence-electron chi connectivity index (χ0n) is 9.60. The van der Waals surface area contributed by atoms with Crippen LogP contribution in [-0.4, -0.2) is 18.4 Å². The highest BCUT2D eigenvalue weighted by Gasteiger charge is 2.15. The first-order valence-electron chi connectivity index (χ1n) is 5.37. The lowest BCUT2D eigenvalue weighted by Crippen LogP contribution is -2.13. The fraction of sp³-hybridized carbons (Fsp3) is 0.308. The van der Waals surface area contributed by atoms with Crippen molar-refractivity contribution in [1.29, 1.82) is 5.26 Å². The van der Waals surface area contributed by atoms with E-state index in [1.807, 2.05) is 13.0 Å². The summed E-state index contributed by atoms with van der Waals surface area (Å²) in [5.74, 6) is -0.937. The number of carbonyl (C=O) groups excluding carboxylic acids is 2. The molecule has 88 valence electrons. The molecule has 0 aliphatic heterocycles. The Morgan fingerprint density at radius 3 is 2.71 bits per heavy atom. The average Bonchev–Trinajstić information content (AvgIpc) is 2.36. The molecule has 1 aromatic rings. The molecule has 0 aromatic heterocycles. The molecule has 0 atom stereocenters. The fourth-order valence-corrected chi connectivity index (χ4v) is 1.32. The Kier molecular flexibility index (Phi) is 4.89. The predicted octanol–water partition coefficient (Wildman–Crippen LogP) is 2.08. The van der Waals surface area contributed by atoms with Crippen molar-refractivity contribution >= 4 is 11.8 Å². The van der Waals surface area contributed by atoms with E-state index in [0.717, 1.165) is 0 Å². The summed E-state index contributed by atoms with van der Waals surface area (Å²) >= 11 is 0. The van der Waals surface area contributed by atoms with Crippen LogP contribution in [-0.2, 0) is 9.53 Å². The van der Waals surface area contributed by atoms with Crippen LogP contribution in [0.25, 0.3) is 0 Å². The second-order valence-electron chi connectivity index (χ2n) is 3.48. The minimum atomic E-state index is -0.551. The molecule has 0 saturated carbocycles. The fourth-order valence-electron chi connectivity index (χ4n) is 1.32. The minimum absolute atomic E-state index is 0.267. The largest absolute Gasteiger partial charge is 0.465 e. The van der Waals surface area contributed by atoms with E-state index in [-0.39, 0.29) is 23.3 Å². The summed E-state index contributed by atoms with van der Waals surface area (Å²) in [7, 11) is 0. The summed E-state index contributed by atoms with van der Waals surface area (Å²) in [5.41, 5.74) is 0.546. The number of ketones is 1. The Morgan fingerprint density at radius 2 is 2.06 bits per heavy atom. The van der Waals surface area contributed by atoms with Gasteiger partial charge in [0.2, 0.25) is 0 Å². The Bertz CT molecular complexity index is 460. The van der Waals surface area contributed by atoms with Crippen molar-refractivity contribution in [2.45, 2.75) is 19.8 Å². The van der Waals surface area contributed by atoms with Gasteiger partial charge in [0.05, 0.1) is 18.2 Å². The second kappa shape index (κ2) is 6.44. The van der Waals surface area contributed by atoms with Crippen LogP contribution in [0.1, 0.15) is 35.7 Å². The zero-order chi connectivity index (χ0) is 12.7. The summed E-state index contributed by atoms with van der Waals surface area (Å²) in [6, 6.07) is 8.33. The van der Waals surface area contributed by atoms with Gasteiger partial charge in [-0.2, -0.15) is 5.26 Å². The number of Topliss-reactive ketones (excluding diaryl/α,β-unsaturated/α-hetero) is 1. The molecule has 4 nitrogen and oxygen atoms in total. The van der Waals surface area contributed by atoms with Crippen LogP contribution >= 0.6 is 0 Å². The van der Waals surface area contributed by atoms with Crippen molar-refractivity contribution < 1.29 is 14.3 Å². The van der Waals surface area contributed by atoms with Crippen molar-refractivity contribution in [2.75, 3.05) is 6.61 Å². The first-order valence-corrected chi connectivity index (χ1v) is 5.37. The molecular formula is C13H13NO3. The first-order chi connectivity index (χ1) is 8.19. The summed E-state index contributed by atoms with van der Waals surface area (Å²) in [6.07, 6.45) is 0.396. The molecule has 1 aromatic carbocycles. The average molecular weight is 231 g/mol. The van der Waals surface area contributed by atoms with Gasteiger partial charge in [0, 0.05) is 5.56 Å². The molecule has 0 amide bonds. The van der Waals surface area contributed by atoms with Gasteiger partial charge in [0.25, 0.3) is 0 Å². The Morgan fingerprint density at radius 1 is 1.35 bits per heavy atom. The maximum Gasteiger partial charge on any atom is 0.313 e. The molecule has 0 aliphatic rings. The lowest BCUT2D eigenvalue weighted by Gasteiger charge is -2.03. The molecular weight excluding hydrogens is 218 g/mol. The van der Waals surface area contributed by atoms with Gasteiger partial charge >= 0.3 is 5.97 Å². The van der Waals surface area contributed by atoms with Gasteiger partial charge in [-0.15, -0.1) is 0 Å². The van der Waals surface area contributed by atoms with E-state index in [1.165, 1.54) is 6.07 Å². The van der Waals surface area contributed by atoms with Crippen LogP contribution in [0.4, 0.5) is 0 Å². The predicted molar refractivity (Wildman–Crippen MR) is 61.4 cm³/mol. The molecule has 0 N–H and O–H groups in total. The molecule has 0 fully saturated rings. The maximum atomic E-state index is 11.7. The highest BCUT2D eigenvalue weighted by molar-refractivity contribution is 6.07. The lowest BCUT2D eigenvalue weighted by molar-refractivity contribution is -0.142. The number of benzene rings is 1. The van der Waals surface area contributed by atoms with Gasteiger partial charge in [-0.1, -0.05) is 25.1 Å². The van der Waals surface area contributed by atoms with E-state index in [0.29, 0.717) is 13.0 Å². The Balaban J connectivity index is 2.71. The van der Waals surface area contributed by atoms with E-state index in [2.05, 4.69) is 0 Å². The number of carbonyl (C=O) groups is 2. The number of rotatable bonds is 5. The summed E-state index contributed by atoms with van der Waals surface area (Å²) < 4.78 is 4.81. The third-order valence-corrected chi connectivity index (χ3v) is 2.12. The van der Waals surface area contributed by atoms with Crippen LogP contribution in [0, 0.1) is 11.3 Å². The molecule has 0 unspecified atom stereocenters. The quantitative estimate of drug-likeness (QED) is 0.442. The van der Waals surface area contributed by atoms with Gasteiger partial charge in [0.15, 0.2) is 5.78 Å². The molecule has 4 heteroatoms. The highest BCUT2D eigenvalue weighted by Crippen LogP contribution is 2.10. The van der Waals surface area contributed by atoms with Crippen molar-refractivity contribution in [2.24, 2.45) is 0 Å². The molecule has 0 spiro atoms. The second-order valence-corrected chi connectivity index (χ2v) is 3.48. The molecule has 0 saturated heterocycles. The van der Waals surface area contributed by atoms with Crippen molar-refractivity contribution in [1.82, 2.24) is 0 Å². The van der Waals surface area contributed by atoms with Gasteiger partial charge in [-0.3, -0.25) is 9.59 Å². The Hall–Kier alpha value is -2.15. The molecule has 0 radical (unpaired) electrons. The third-order valence-electron chi connectivity index (χ3n) is 2.12. The highest BCUT2D eigenvalue weighted by atomic mass is 16.5. The summed E-state index contributed by atoms with van der Waals surface area (Å²) in [5, 5.41) is 8.82. The topological polar surface area (TPSA) is 67.2 Å². The lowest BCUT2D eigenvalue weighted by atomic mass is 10.0. The number of ether oxygens (including phenoxy) is 1. The molecule has 0 heterocycles. The SMILES string of the molecule is CCCOC(=O)CC(=O)c1ccccc1C#N. The molecule has 0 aliphatic carbocycles.